The molecule has 0 bridgehead atoms. The van der Waals surface area contributed by atoms with Gasteiger partial charge in [-0.1, -0.05) is 140 Å². The highest BCUT2D eigenvalue weighted by Gasteiger charge is 2.19. The SMILES string of the molecule is c1ccc2c(c1)ccc1c(-c3c4ccccc4c(-c4ccc5oc6c7ccccc7ccc6c5c4)c4ccccc34)cccc12. The minimum absolute atomic E-state index is 0.915. The summed E-state index contributed by atoms with van der Waals surface area (Å²) in [7, 11) is 0. The standard InChI is InChI=1S/C44H26O/c1-3-12-30-27(10-1)20-23-33-32(30)18-9-19-34(33)43-37-16-7-5-14-35(37)42(36-15-6-8-17-38(36)43)29-22-25-41-40(26-29)39-24-21-28-11-2-4-13-31(28)44(39)45-41/h1-26H. The number of hydrogen-bond acceptors (Lipinski definition) is 1. The molecule has 0 aliphatic rings. The van der Waals surface area contributed by atoms with E-state index in [9.17, 15) is 0 Å². The van der Waals surface area contributed by atoms with Crippen LogP contribution in [0.4, 0.5) is 0 Å². The second-order valence-corrected chi connectivity index (χ2v) is 12.0. The first kappa shape index (κ1) is 24.5. The van der Waals surface area contributed by atoms with E-state index in [1.165, 1.54) is 70.7 Å². The van der Waals surface area contributed by atoms with Crippen LogP contribution in [0.1, 0.15) is 0 Å². The quantitative estimate of drug-likeness (QED) is 0.149. The Balaban J connectivity index is 1.30. The highest BCUT2D eigenvalue weighted by molar-refractivity contribution is 6.25. The van der Waals surface area contributed by atoms with Gasteiger partial charge in [0.15, 0.2) is 0 Å². The second-order valence-electron chi connectivity index (χ2n) is 12.0. The average Bonchev–Trinajstić information content (AvgIpc) is 3.49. The summed E-state index contributed by atoms with van der Waals surface area (Å²) in [5.74, 6) is 0. The van der Waals surface area contributed by atoms with Crippen molar-refractivity contribution in [1.82, 2.24) is 0 Å². The summed E-state index contributed by atoms with van der Waals surface area (Å²) in [6, 6.07) is 57.4. The van der Waals surface area contributed by atoms with Gasteiger partial charge in [-0.3, -0.25) is 0 Å². The Morgan fingerprint density at radius 3 is 1.58 bits per heavy atom. The van der Waals surface area contributed by atoms with Crippen molar-refractivity contribution in [2.24, 2.45) is 0 Å². The van der Waals surface area contributed by atoms with Gasteiger partial charge in [0.25, 0.3) is 0 Å². The van der Waals surface area contributed by atoms with E-state index in [1.807, 2.05) is 0 Å². The van der Waals surface area contributed by atoms with Crippen LogP contribution in [-0.2, 0) is 0 Å². The van der Waals surface area contributed by atoms with Gasteiger partial charge in [0.2, 0.25) is 0 Å². The molecule has 0 spiro atoms. The van der Waals surface area contributed by atoms with Gasteiger partial charge in [0.1, 0.15) is 11.2 Å². The van der Waals surface area contributed by atoms with E-state index in [-0.39, 0.29) is 0 Å². The van der Waals surface area contributed by atoms with Gasteiger partial charge in [0, 0.05) is 16.2 Å². The minimum atomic E-state index is 0.915. The number of furan rings is 1. The van der Waals surface area contributed by atoms with Crippen molar-refractivity contribution in [2.75, 3.05) is 0 Å². The van der Waals surface area contributed by atoms with Crippen LogP contribution in [0.15, 0.2) is 162 Å². The zero-order valence-electron chi connectivity index (χ0n) is 24.4. The largest absolute Gasteiger partial charge is 0.455 e. The third-order valence-electron chi connectivity index (χ3n) is 9.64. The van der Waals surface area contributed by atoms with Crippen LogP contribution in [0.5, 0.6) is 0 Å². The van der Waals surface area contributed by atoms with Crippen molar-refractivity contribution >= 4 is 75.8 Å². The van der Waals surface area contributed by atoms with E-state index >= 15 is 0 Å². The summed E-state index contributed by atoms with van der Waals surface area (Å²) < 4.78 is 6.48. The predicted octanol–water partition coefficient (Wildman–Crippen LogP) is 12.7. The molecule has 208 valence electrons. The van der Waals surface area contributed by atoms with Crippen LogP contribution in [0.2, 0.25) is 0 Å². The molecule has 1 heterocycles. The molecule has 45 heavy (non-hydrogen) atoms. The van der Waals surface area contributed by atoms with Crippen molar-refractivity contribution in [3.8, 4) is 22.3 Å². The van der Waals surface area contributed by atoms with Crippen LogP contribution in [0.3, 0.4) is 0 Å². The summed E-state index contributed by atoms with van der Waals surface area (Å²) in [5.41, 5.74) is 6.87. The smallest absolute Gasteiger partial charge is 0.143 e. The van der Waals surface area contributed by atoms with E-state index < -0.39 is 0 Å². The first-order chi connectivity index (χ1) is 22.3. The fraction of sp³-hybridized carbons (Fsp3) is 0. The third-order valence-corrected chi connectivity index (χ3v) is 9.64. The summed E-state index contributed by atoms with van der Waals surface area (Å²) in [6.45, 7) is 0. The summed E-state index contributed by atoms with van der Waals surface area (Å²) in [6.07, 6.45) is 0. The molecule has 0 amide bonds. The number of rotatable bonds is 2. The lowest BCUT2D eigenvalue weighted by molar-refractivity contribution is 0.672. The Bertz CT molecular complexity index is 2760. The van der Waals surface area contributed by atoms with Crippen LogP contribution in [0, 0.1) is 0 Å². The number of hydrogen-bond donors (Lipinski definition) is 0. The number of fused-ring (bicyclic) bond motifs is 10. The van der Waals surface area contributed by atoms with Crippen molar-refractivity contribution < 1.29 is 4.42 Å². The van der Waals surface area contributed by atoms with Gasteiger partial charge < -0.3 is 4.42 Å². The van der Waals surface area contributed by atoms with Crippen LogP contribution >= 0.6 is 0 Å². The Hall–Kier alpha value is -5.92. The zero-order valence-corrected chi connectivity index (χ0v) is 24.4. The molecule has 0 aliphatic heterocycles. The molecule has 0 atom stereocenters. The second kappa shape index (κ2) is 9.29. The van der Waals surface area contributed by atoms with E-state index in [0.29, 0.717) is 0 Å². The Morgan fingerprint density at radius 2 is 0.867 bits per heavy atom. The van der Waals surface area contributed by atoms with E-state index in [1.54, 1.807) is 0 Å². The van der Waals surface area contributed by atoms with Crippen LogP contribution < -0.4 is 0 Å². The van der Waals surface area contributed by atoms with E-state index in [0.717, 1.165) is 27.3 Å². The van der Waals surface area contributed by atoms with E-state index in [2.05, 4.69) is 158 Å². The molecule has 0 saturated carbocycles. The Labute approximate surface area is 259 Å². The molecule has 0 fully saturated rings. The van der Waals surface area contributed by atoms with E-state index in [4.69, 9.17) is 4.42 Å². The molecule has 0 N–H and O–H groups in total. The highest BCUT2D eigenvalue weighted by atomic mass is 16.3. The maximum Gasteiger partial charge on any atom is 0.143 e. The molecule has 0 radical (unpaired) electrons. The third kappa shape index (κ3) is 3.50. The van der Waals surface area contributed by atoms with Gasteiger partial charge in [0.05, 0.1) is 0 Å². The maximum atomic E-state index is 6.48. The molecule has 0 saturated heterocycles. The Morgan fingerprint density at radius 1 is 0.311 bits per heavy atom. The molecular weight excluding hydrogens is 544 g/mol. The molecule has 0 unspecified atom stereocenters. The van der Waals surface area contributed by atoms with Crippen molar-refractivity contribution in [3.63, 3.8) is 0 Å². The van der Waals surface area contributed by atoms with Gasteiger partial charge in [-0.2, -0.15) is 0 Å². The van der Waals surface area contributed by atoms with Gasteiger partial charge >= 0.3 is 0 Å². The fourth-order valence-corrected chi connectivity index (χ4v) is 7.65. The minimum Gasteiger partial charge on any atom is -0.455 e. The fourth-order valence-electron chi connectivity index (χ4n) is 7.65. The predicted molar refractivity (Wildman–Crippen MR) is 192 cm³/mol. The molecule has 1 heteroatoms. The lowest BCUT2D eigenvalue weighted by Gasteiger charge is -2.19. The van der Waals surface area contributed by atoms with Gasteiger partial charge in [-0.25, -0.2) is 0 Å². The molecule has 1 nitrogen and oxygen atoms in total. The average molecular weight is 571 g/mol. The zero-order chi connectivity index (χ0) is 29.5. The molecule has 9 aromatic carbocycles. The molecular formula is C44H26O. The molecule has 10 rings (SSSR count). The van der Waals surface area contributed by atoms with Crippen molar-refractivity contribution in [2.45, 2.75) is 0 Å². The lowest BCUT2D eigenvalue weighted by Crippen LogP contribution is -1.91. The summed E-state index contributed by atoms with van der Waals surface area (Å²) >= 11 is 0. The normalized spacial score (nSPS) is 12.0. The number of benzene rings is 9. The first-order valence-electron chi connectivity index (χ1n) is 15.5. The topological polar surface area (TPSA) is 13.1 Å². The maximum absolute atomic E-state index is 6.48. The van der Waals surface area contributed by atoms with Crippen molar-refractivity contribution in [3.05, 3.63) is 158 Å². The monoisotopic (exact) mass is 570 g/mol. The molecule has 10 aromatic rings. The highest BCUT2D eigenvalue weighted by Crippen LogP contribution is 2.46. The van der Waals surface area contributed by atoms with Crippen molar-refractivity contribution in [1.29, 1.82) is 0 Å². The first-order valence-corrected chi connectivity index (χ1v) is 15.5. The molecule has 1 aromatic heterocycles. The summed E-state index contributed by atoms with van der Waals surface area (Å²) in [4.78, 5) is 0. The summed E-state index contributed by atoms with van der Waals surface area (Å²) in [5, 5.41) is 14.8. The molecule has 0 aliphatic carbocycles. The van der Waals surface area contributed by atoms with Gasteiger partial charge in [-0.15, -0.1) is 0 Å². The Kier molecular flexibility index (Phi) is 5.06. The van der Waals surface area contributed by atoms with Gasteiger partial charge in [-0.05, 0) is 88.9 Å². The lowest BCUT2D eigenvalue weighted by atomic mass is 9.84. The van der Waals surface area contributed by atoms with Crippen LogP contribution in [0.25, 0.3) is 98.1 Å². The van der Waals surface area contributed by atoms with Crippen LogP contribution in [-0.4, -0.2) is 0 Å².